The summed E-state index contributed by atoms with van der Waals surface area (Å²) in [5.41, 5.74) is 1.51. The van der Waals surface area contributed by atoms with Gasteiger partial charge in [-0.25, -0.2) is 9.37 Å². The van der Waals surface area contributed by atoms with Crippen LogP contribution in [0.15, 0.2) is 48.8 Å². The molecule has 2 aliphatic rings. The van der Waals surface area contributed by atoms with Gasteiger partial charge in [-0.05, 0) is 85.4 Å². The van der Waals surface area contributed by atoms with E-state index in [1.165, 1.54) is 12.3 Å². The predicted octanol–water partition coefficient (Wildman–Crippen LogP) is 5.09. The standard InChI is InChI=1S/C24H23ClFN3O2/c25-22-4-2-18(13-28-22)29-23(30)12-24(31)10-15-7-14(8-16(15)11-24)19-5-6-27-21-3-1-17(26)9-20(19)21/h1-6,9,13-16,31H,7-8,10-12H2,(H,29,30)/t14?,15-,16+,24?. The van der Waals surface area contributed by atoms with Crippen LogP contribution in [0.4, 0.5) is 10.1 Å². The number of anilines is 1. The molecule has 5 rings (SSSR count). The number of aliphatic hydroxyl groups is 1. The van der Waals surface area contributed by atoms with Gasteiger partial charge < -0.3 is 10.4 Å². The van der Waals surface area contributed by atoms with E-state index in [4.69, 9.17) is 11.6 Å². The van der Waals surface area contributed by atoms with Crippen LogP contribution in [0, 0.1) is 17.7 Å². The van der Waals surface area contributed by atoms with Crippen molar-refractivity contribution in [2.24, 2.45) is 11.8 Å². The van der Waals surface area contributed by atoms with E-state index in [0.29, 0.717) is 41.4 Å². The number of nitrogens with one attached hydrogen (secondary N) is 1. The minimum atomic E-state index is -0.989. The molecule has 31 heavy (non-hydrogen) atoms. The third-order valence-electron chi connectivity index (χ3n) is 6.80. The Kier molecular flexibility index (Phi) is 5.15. The van der Waals surface area contributed by atoms with E-state index < -0.39 is 5.60 Å². The number of hydrogen-bond acceptors (Lipinski definition) is 4. The fourth-order valence-electron chi connectivity index (χ4n) is 5.62. The first-order valence-electron chi connectivity index (χ1n) is 10.6. The molecule has 2 aliphatic carbocycles. The Bertz CT molecular complexity index is 1120. The number of halogens is 2. The lowest BCUT2D eigenvalue weighted by Crippen LogP contribution is -2.32. The third-order valence-corrected chi connectivity index (χ3v) is 7.03. The van der Waals surface area contributed by atoms with Crippen molar-refractivity contribution in [3.8, 4) is 0 Å². The Morgan fingerprint density at radius 1 is 1.16 bits per heavy atom. The number of benzene rings is 1. The molecule has 3 aromatic rings. The topological polar surface area (TPSA) is 75.1 Å². The van der Waals surface area contributed by atoms with Gasteiger partial charge in [0.25, 0.3) is 0 Å². The molecule has 2 fully saturated rings. The normalized spacial score (nSPS) is 27.4. The highest BCUT2D eigenvalue weighted by molar-refractivity contribution is 6.29. The summed E-state index contributed by atoms with van der Waals surface area (Å²) < 4.78 is 13.8. The van der Waals surface area contributed by atoms with E-state index in [1.54, 1.807) is 30.5 Å². The average molecular weight is 440 g/mol. The second kappa shape index (κ2) is 7.84. The molecular formula is C24H23ClFN3O2. The van der Waals surface area contributed by atoms with Crippen LogP contribution in [0.1, 0.15) is 43.6 Å². The number of nitrogens with zero attached hydrogens (tertiary/aromatic N) is 2. The Hall–Kier alpha value is -2.57. The van der Waals surface area contributed by atoms with Crippen LogP contribution in [-0.2, 0) is 4.79 Å². The smallest absolute Gasteiger partial charge is 0.227 e. The molecule has 5 nitrogen and oxygen atoms in total. The van der Waals surface area contributed by atoms with E-state index in [9.17, 15) is 14.3 Å². The first-order chi connectivity index (χ1) is 14.9. The van der Waals surface area contributed by atoms with Crippen molar-refractivity contribution in [2.45, 2.75) is 43.6 Å². The molecule has 2 unspecified atom stereocenters. The van der Waals surface area contributed by atoms with Crippen molar-refractivity contribution in [1.82, 2.24) is 9.97 Å². The van der Waals surface area contributed by atoms with Gasteiger partial charge in [0.2, 0.25) is 5.91 Å². The Balaban J connectivity index is 1.25. The predicted molar refractivity (Wildman–Crippen MR) is 117 cm³/mol. The van der Waals surface area contributed by atoms with E-state index in [1.807, 2.05) is 6.07 Å². The molecule has 1 aromatic carbocycles. The number of rotatable bonds is 4. The summed E-state index contributed by atoms with van der Waals surface area (Å²) in [4.78, 5) is 20.8. The zero-order valence-electron chi connectivity index (χ0n) is 16.9. The second-order valence-corrected chi connectivity index (χ2v) is 9.36. The summed E-state index contributed by atoms with van der Waals surface area (Å²) >= 11 is 5.77. The lowest BCUT2D eigenvalue weighted by Gasteiger charge is -2.24. The van der Waals surface area contributed by atoms with Gasteiger partial charge in [-0.2, -0.15) is 0 Å². The fraction of sp³-hybridized carbons (Fsp3) is 0.375. The number of aromatic nitrogens is 2. The van der Waals surface area contributed by atoms with Gasteiger partial charge in [0.1, 0.15) is 11.0 Å². The summed E-state index contributed by atoms with van der Waals surface area (Å²) in [5.74, 6) is 0.560. The molecule has 2 heterocycles. The minimum absolute atomic E-state index is 0.0662. The molecule has 0 spiro atoms. The maximum absolute atomic E-state index is 13.8. The molecule has 2 saturated carbocycles. The zero-order chi connectivity index (χ0) is 21.6. The Morgan fingerprint density at radius 3 is 2.65 bits per heavy atom. The van der Waals surface area contributed by atoms with Gasteiger partial charge in [0.05, 0.1) is 29.4 Å². The van der Waals surface area contributed by atoms with Crippen molar-refractivity contribution < 1.29 is 14.3 Å². The molecule has 2 aromatic heterocycles. The van der Waals surface area contributed by atoms with E-state index in [-0.39, 0.29) is 18.1 Å². The van der Waals surface area contributed by atoms with E-state index in [2.05, 4.69) is 15.3 Å². The number of pyridine rings is 2. The van der Waals surface area contributed by atoms with Crippen molar-refractivity contribution in [3.05, 3.63) is 65.3 Å². The maximum Gasteiger partial charge on any atom is 0.227 e. The molecule has 7 heteroatoms. The lowest BCUT2D eigenvalue weighted by molar-refractivity contribution is -0.121. The molecule has 0 saturated heterocycles. The molecular weight excluding hydrogens is 417 g/mol. The van der Waals surface area contributed by atoms with Crippen LogP contribution in [0.25, 0.3) is 10.9 Å². The van der Waals surface area contributed by atoms with Crippen LogP contribution in [0.5, 0.6) is 0 Å². The minimum Gasteiger partial charge on any atom is -0.389 e. The Labute approximate surface area is 184 Å². The summed E-state index contributed by atoms with van der Waals surface area (Å²) in [6.07, 6.45) is 6.44. The highest BCUT2D eigenvalue weighted by atomic mass is 35.5. The number of amides is 1. The van der Waals surface area contributed by atoms with E-state index in [0.717, 1.165) is 29.3 Å². The average Bonchev–Trinajstić information content (AvgIpc) is 3.23. The van der Waals surface area contributed by atoms with Crippen molar-refractivity contribution in [2.75, 3.05) is 5.32 Å². The monoisotopic (exact) mass is 439 g/mol. The molecule has 0 bridgehead atoms. The first-order valence-corrected chi connectivity index (χ1v) is 10.9. The quantitative estimate of drug-likeness (QED) is 0.555. The molecule has 0 aliphatic heterocycles. The number of carbonyl (C=O) groups is 1. The molecule has 4 atom stereocenters. The molecule has 2 N–H and O–H groups in total. The molecule has 160 valence electrons. The number of hydrogen-bond donors (Lipinski definition) is 2. The summed E-state index contributed by atoms with van der Waals surface area (Å²) in [6, 6.07) is 10.0. The highest BCUT2D eigenvalue weighted by Gasteiger charge is 2.49. The van der Waals surface area contributed by atoms with Crippen LogP contribution >= 0.6 is 11.6 Å². The van der Waals surface area contributed by atoms with Gasteiger partial charge in [-0.1, -0.05) is 11.6 Å². The van der Waals surface area contributed by atoms with Crippen molar-refractivity contribution >= 4 is 34.1 Å². The van der Waals surface area contributed by atoms with Crippen molar-refractivity contribution in [1.29, 1.82) is 0 Å². The SMILES string of the molecule is O=C(CC1(O)C[C@H]2CC(c3ccnc4ccc(F)cc34)C[C@H]2C1)Nc1ccc(Cl)nc1. The highest BCUT2D eigenvalue weighted by Crippen LogP contribution is 2.55. The van der Waals surface area contributed by atoms with Crippen LogP contribution in [0.2, 0.25) is 5.15 Å². The summed E-state index contributed by atoms with van der Waals surface area (Å²) in [7, 11) is 0. The van der Waals surface area contributed by atoms with Crippen LogP contribution in [-0.4, -0.2) is 26.6 Å². The third kappa shape index (κ3) is 4.14. The van der Waals surface area contributed by atoms with Gasteiger partial charge in [0.15, 0.2) is 0 Å². The molecule has 1 amide bonds. The van der Waals surface area contributed by atoms with Gasteiger partial charge in [0, 0.05) is 11.6 Å². The largest absolute Gasteiger partial charge is 0.389 e. The lowest BCUT2D eigenvalue weighted by atomic mass is 9.87. The van der Waals surface area contributed by atoms with Gasteiger partial charge in [-0.15, -0.1) is 0 Å². The fourth-order valence-corrected chi connectivity index (χ4v) is 5.73. The zero-order valence-corrected chi connectivity index (χ0v) is 17.6. The number of fused-ring (bicyclic) bond motifs is 2. The van der Waals surface area contributed by atoms with E-state index >= 15 is 0 Å². The van der Waals surface area contributed by atoms with Crippen molar-refractivity contribution in [3.63, 3.8) is 0 Å². The van der Waals surface area contributed by atoms with Gasteiger partial charge in [-0.3, -0.25) is 9.78 Å². The van der Waals surface area contributed by atoms with Gasteiger partial charge >= 0.3 is 0 Å². The summed E-state index contributed by atoms with van der Waals surface area (Å²) in [5, 5.41) is 15.1. The maximum atomic E-state index is 13.8. The Morgan fingerprint density at radius 2 is 1.94 bits per heavy atom. The summed E-state index contributed by atoms with van der Waals surface area (Å²) in [6.45, 7) is 0. The molecule has 0 radical (unpaired) electrons. The van der Waals surface area contributed by atoms with Crippen LogP contribution < -0.4 is 5.32 Å². The van der Waals surface area contributed by atoms with Crippen LogP contribution in [0.3, 0.4) is 0 Å². The second-order valence-electron chi connectivity index (χ2n) is 8.98. The number of carbonyl (C=O) groups excluding carboxylic acids is 1. The first kappa shape index (κ1) is 20.3.